The minimum absolute atomic E-state index is 0.312. The number of aliphatic carboxylic acids is 1. The Balaban J connectivity index is 1.88. The van der Waals surface area contributed by atoms with Crippen LogP contribution < -0.4 is 5.32 Å². The van der Waals surface area contributed by atoms with Gasteiger partial charge in [0.15, 0.2) is 0 Å². The SMILES string of the molecule is O=C(O)CCCCCNC1CC=CCC1. The summed E-state index contributed by atoms with van der Waals surface area (Å²) in [4.78, 5) is 10.3. The molecule has 1 aliphatic rings. The van der Waals surface area contributed by atoms with Crippen molar-refractivity contribution in [2.45, 2.75) is 51.0 Å². The van der Waals surface area contributed by atoms with E-state index >= 15 is 0 Å². The van der Waals surface area contributed by atoms with Crippen molar-refractivity contribution in [2.24, 2.45) is 0 Å². The van der Waals surface area contributed by atoms with E-state index in [0.717, 1.165) is 32.2 Å². The lowest BCUT2D eigenvalue weighted by Crippen LogP contribution is -2.30. The summed E-state index contributed by atoms with van der Waals surface area (Å²) in [7, 11) is 0. The van der Waals surface area contributed by atoms with Crippen LogP contribution in [0.25, 0.3) is 0 Å². The van der Waals surface area contributed by atoms with E-state index in [1.165, 1.54) is 12.8 Å². The predicted octanol–water partition coefficient (Wildman–Crippen LogP) is 2.33. The van der Waals surface area contributed by atoms with E-state index in [2.05, 4.69) is 17.5 Å². The molecule has 1 unspecified atom stereocenters. The molecule has 86 valence electrons. The van der Waals surface area contributed by atoms with Crippen LogP contribution in [0, 0.1) is 0 Å². The molecule has 0 aromatic carbocycles. The standard InChI is InChI=1S/C12H21NO2/c14-12(15)9-5-2-6-10-13-11-7-3-1-4-8-11/h1,3,11,13H,2,4-10H2,(H,14,15). The minimum atomic E-state index is -0.680. The summed E-state index contributed by atoms with van der Waals surface area (Å²) < 4.78 is 0. The van der Waals surface area contributed by atoms with Gasteiger partial charge in [-0.2, -0.15) is 0 Å². The molecule has 0 saturated carbocycles. The van der Waals surface area contributed by atoms with E-state index in [1.54, 1.807) is 0 Å². The summed E-state index contributed by atoms with van der Waals surface area (Å²) in [5.41, 5.74) is 0. The third kappa shape index (κ3) is 6.28. The van der Waals surface area contributed by atoms with E-state index in [0.29, 0.717) is 12.5 Å². The average Bonchev–Trinajstić information content (AvgIpc) is 2.24. The van der Waals surface area contributed by atoms with Crippen molar-refractivity contribution in [1.82, 2.24) is 5.32 Å². The Morgan fingerprint density at radius 3 is 2.87 bits per heavy atom. The molecule has 3 heteroatoms. The summed E-state index contributed by atoms with van der Waals surface area (Å²) in [6, 6.07) is 0.648. The second-order valence-corrected chi connectivity index (χ2v) is 4.14. The van der Waals surface area contributed by atoms with Crippen molar-refractivity contribution in [1.29, 1.82) is 0 Å². The number of carboxylic acids is 1. The molecule has 0 spiro atoms. The van der Waals surface area contributed by atoms with Gasteiger partial charge in [-0.25, -0.2) is 0 Å². The second kappa shape index (κ2) is 7.46. The van der Waals surface area contributed by atoms with E-state index < -0.39 is 5.97 Å². The number of carbonyl (C=O) groups is 1. The first-order valence-corrected chi connectivity index (χ1v) is 5.89. The Kier molecular flexibility index (Phi) is 6.09. The monoisotopic (exact) mass is 211 g/mol. The summed E-state index contributed by atoms with van der Waals surface area (Å²) in [6.07, 6.45) is 11.3. The van der Waals surface area contributed by atoms with Crippen LogP contribution in [0.15, 0.2) is 12.2 Å². The third-order valence-electron chi connectivity index (χ3n) is 2.77. The molecule has 1 aliphatic carbocycles. The van der Waals surface area contributed by atoms with Gasteiger partial charge >= 0.3 is 5.97 Å². The molecule has 2 N–H and O–H groups in total. The second-order valence-electron chi connectivity index (χ2n) is 4.14. The Hall–Kier alpha value is -0.830. The fourth-order valence-electron chi connectivity index (χ4n) is 1.86. The molecular formula is C12H21NO2. The minimum Gasteiger partial charge on any atom is -0.481 e. The van der Waals surface area contributed by atoms with Gasteiger partial charge < -0.3 is 10.4 Å². The number of carboxylic acid groups (broad SMARTS) is 1. The molecule has 0 bridgehead atoms. The summed E-state index contributed by atoms with van der Waals surface area (Å²) >= 11 is 0. The van der Waals surface area contributed by atoms with E-state index in [-0.39, 0.29) is 0 Å². The number of allylic oxidation sites excluding steroid dienone is 1. The van der Waals surface area contributed by atoms with Gasteiger partial charge in [-0.1, -0.05) is 18.6 Å². The zero-order valence-electron chi connectivity index (χ0n) is 9.24. The zero-order chi connectivity index (χ0) is 10.9. The first-order valence-electron chi connectivity index (χ1n) is 5.89. The van der Waals surface area contributed by atoms with Crippen LogP contribution in [-0.4, -0.2) is 23.7 Å². The first kappa shape index (κ1) is 12.2. The fraction of sp³-hybridized carbons (Fsp3) is 0.750. The molecule has 0 aromatic rings. The van der Waals surface area contributed by atoms with Crippen molar-refractivity contribution in [3.8, 4) is 0 Å². The highest BCUT2D eigenvalue weighted by Gasteiger charge is 2.07. The van der Waals surface area contributed by atoms with Gasteiger partial charge in [0.05, 0.1) is 0 Å². The van der Waals surface area contributed by atoms with E-state index in [4.69, 9.17) is 5.11 Å². The van der Waals surface area contributed by atoms with Crippen molar-refractivity contribution in [3.63, 3.8) is 0 Å². The topological polar surface area (TPSA) is 49.3 Å². The highest BCUT2D eigenvalue weighted by Crippen LogP contribution is 2.10. The molecule has 3 nitrogen and oxygen atoms in total. The number of hydrogen-bond donors (Lipinski definition) is 2. The van der Waals surface area contributed by atoms with Crippen molar-refractivity contribution in [3.05, 3.63) is 12.2 Å². The van der Waals surface area contributed by atoms with Crippen LogP contribution >= 0.6 is 0 Å². The maximum atomic E-state index is 10.3. The molecule has 0 aromatic heterocycles. The molecule has 1 atom stereocenters. The third-order valence-corrected chi connectivity index (χ3v) is 2.77. The number of unbranched alkanes of at least 4 members (excludes halogenated alkanes) is 2. The molecule has 0 heterocycles. The van der Waals surface area contributed by atoms with Crippen molar-refractivity contribution in [2.75, 3.05) is 6.54 Å². The van der Waals surface area contributed by atoms with Gasteiger partial charge in [0.1, 0.15) is 0 Å². The zero-order valence-corrected chi connectivity index (χ0v) is 9.24. The molecule has 0 fully saturated rings. The van der Waals surface area contributed by atoms with Gasteiger partial charge in [0.2, 0.25) is 0 Å². The lowest BCUT2D eigenvalue weighted by molar-refractivity contribution is -0.137. The molecule has 1 rings (SSSR count). The quantitative estimate of drug-likeness (QED) is 0.502. The summed E-state index contributed by atoms with van der Waals surface area (Å²) in [6.45, 7) is 1.03. The van der Waals surface area contributed by atoms with Crippen LogP contribution in [0.2, 0.25) is 0 Å². The Morgan fingerprint density at radius 2 is 2.20 bits per heavy atom. The Bertz CT molecular complexity index is 214. The smallest absolute Gasteiger partial charge is 0.303 e. The normalized spacial score (nSPS) is 20.4. The van der Waals surface area contributed by atoms with Gasteiger partial charge in [-0.05, 0) is 38.6 Å². The van der Waals surface area contributed by atoms with Gasteiger partial charge in [-0.15, -0.1) is 0 Å². The molecule has 0 aliphatic heterocycles. The molecule has 0 radical (unpaired) electrons. The molecular weight excluding hydrogens is 190 g/mol. The highest BCUT2D eigenvalue weighted by atomic mass is 16.4. The average molecular weight is 211 g/mol. The summed E-state index contributed by atoms with van der Waals surface area (Å²) in [5.74, 6) is -0.680. The lowest BCUT2D eigenvalue weighted by atomic mass is 10.0. The van der Waals surface area contributed by atoms with E-state index in [1.807, 2.05) is 0 Å². The van der Waals surface area contributed by atoms with Crippen molar-refractivity contribution < 1.29 is 9.90 Å². The largest absolute Gasteiger partial charge is 0.481 e. The number of rotatable bonds is 7. The maximum Gasteiger partial charge on any atom is 0.303 e. The van der Waals surface area contributed by atoms with Crippen LogP contribution in [0.1, 0.15) is 44.9 Å². The molecule has 15 heavy (non-hydrogen) atoms. The Morgan fingerprint density at radius 1 is 1.33 bits per heavy atom. The van der Waals surface area contributed by atoms with Gasteiger partial charge in [0.25, 0.3) is 0 Å². The van der Waals surface area contributed by atoms with Gasteiger partial charge in [0, 0.05) is 12.5 Å². The van der Waals surface area contributed by atoms with Crippen LogP contribution in [0.3, 0.4) is 0 Å². The van der Waals surface area contributed by atoms with Crippen molar-refractivity contribution >= 4 is 5.97 Å². The lowest BCUT2D eigenvalue weighted by Gasteiger charge is -2.19. The summed E-state index contributed by atoms with van der Waals surface area (Å²) in [5, 5.41) is 12.0. The number of hydrogen-bond acceptors (Lipinski definition) is 2. The first-order chi connectivity index (χ1) is 7.29. The van der Waals surface area contributed by atoms with Gasteiger partial charge in [-0.3, -0.25) is 4.79 Å². The fourth-order valence-corrected chi connectivity index (χ4v) is 1.86. The van der Waals surface area contributed by atoms with E-state index in [9.17, 15) is 4.79 Å². The predicted molar refractivity (Wildman–Crippen MR) is 60.9 cm³/mol. The molecule has 0 saturated heterocycles. The highest BCUT2D eigenvalue weighted by molar-refractivity contribution is 5.66. The van der Waals surface area contributed by atoms with Crippen LogP contribution in [0.5, 0.6) is 0 Å². The number of nitrogens with one attached hydrogen (secondary N) is 1. The molecule has 0 amide bonds. The maximum absolute atomic E-state index is 10.3. The Labute approximate surface area is 91.6 Å². The van der Waals surface area contributed by atoms with Crippen LogP contribution in [-0.2, 0) is 4.79 Å². The van der Waals surface area contributed by atoms with Crippen LogP contribution in [0.4, 0.5) is 0 Å².